The van der Waals surface area contributed by atoms with E-state index in [1.165, 1.54) is 13.0 Å². The second-order valence-electron chi connectivity index (χ2n) is 6.65. The molecule has 1 aromatic heterocycles. The summed E-state index contributed by atoms with van der Waals surface area (Å²) in [5.41, 5.74) is -2.59. The van der Waals surface area contributed by atoms with Crippen molar-refractivity contribution in [1.29, 1.82) is 0 Å². The number of benzene rings is 1. The third-order valence-corrected chi connectivity index (χ3v) is 4.42. The van der Waals surface area contributed by atoms with Crippen LogP contribution in [0.5, 0.6) is 0 Å². The SMILES string of the molecule is Cc1ccc([N+](=O)[O-])cc1C(=O)Nc1ncc(C(F)(F)C(F)(F)C(F)(F)C(C)F)cc1F. The highest BCUT2D eigenvalue weighted by Gasteiger charge is 2.74. The molecule has 1 atom stereocenters. The zero-order valence-electron chi connectivity index (χ0n) is 16.1. The number of nitro benzene ring substituents is 1. The number of anilines is 1. The molecule has 0 aliphatic rings. The molecule has 0 saturated carbocycles. The lowest BCUT2D eigenvalue weighted by Gasteiger charge is -2.33. The Morgan fingerprint density at radius 1 is 1.16 bits per heavy atom. The largest absolute Gasteiger partial charge is 0.379 e. The van der Waals surface area contributed by atoms with E-state index < -0.39 is 57.7 Å². The number of non-ortho nitro benzene ring substituents is 1. The Balaban J connectivity index is 2.38. The number of carbonyl (C=O) groups excluding carboxylic acids is 1. The van der Waals surface area contributed by atoms with Crippen molar-refractivity contribution in [1.82, 2.24) is 4.98 Å². The smallest absolute Gasteiger partial charge is 0.304 e. The molecule has 1 heterocycles. The summed E-state index contributed by atoms with van der Waals surface area (Å²) in [7, 11) is 0. The molecule has 2 rings (SSSR count). The molecule has 6 nitrogen and oxygen atoms in total. The maximum Gasteiger partial charge on any atom is 0.379 e. The van der Waals surface area contributed by atoms with Gasteiger partial charge in [0.05, 0.1) is 4.92 Å². The Morgan fingerprint density at radius 2 is 1.75 bits per heavy atom. The zero-order valence-corrected chi connectivity index (χ0v) is 16.1. The van der Waals surface area contributed by atoms with Gasteiger partial charge in [-0.05, 0) is 25.5 Å². The van der Waals surface area contributed by atoms with Crippen LogP contribution in [0.15, 0.2) is 30.5 Å². The van der Waals surface area contributed by atoms with Gasteiger partial charge in [0.2, 0.25) is 0 Å². The van der Waals surface area contributed by atoms with Gasteiger partial charge < -0.3 is 5.32 Å². The molecule has 174 valence electrons. The molecule has 1 aromatic carbocycles. The molecule has 1 N–H and O–H groups in total. The fourth-order valence-corrected chi connectivity index (χ4v) is 2.49. The first-order valence-electron chi connectivity index (χ1n) is 8.54. The number of rotatable bonds is 7. The summed E-state index contributed by atoms with van der Waals surface area (Å²) in [5.74, 6) is -21.8. The van der Waals surface area contributed by atoms with Crippen LogP contribution < -0.4 is 5.32 Å². The molecule has 14 heteroatoms. The van der Waals surface area contributed by atoms with Crippen LogP contribution >= 0.6 is 0 Å². The number of pyridine rings is 1. The lowest BCUT2D eigenvalue weighted by molar-refractivity contribution is -0.384. The number of hydrogen-bond acceptors (Lipinski definition) is 4. The molecule has 1 amide bonds. The topological polar surface area (TPSA) is 85.1 Å². The van der Waals surface area contributed by atoms with E-state index in [4.69, 9.17) is 0 Å². The van der Waals surface area contributed by atoms with Crippen molar-refractivity contribution in [3.05, 3.63) is 63.1 Å². The number of alkyl halides is 7. The molecule has 0 aliphatic heterocycles. The van der Waals surface area contributed by atoms with Crippen LogP contribution in [0.1, 0.15) is 28.4 Å². The van der Waals surface area contributed by atoms with Gasteiger partial charge in [-0.1, -0.05) is 6.07 Å². The summed E-state index contributed by atoms with van der Waals surface area (Å²) in [6.45, 7) is 1.33. The molecule has 0 aliphatic carbocycles. The Morgan fingerprint density at radius 3 is 2.25 bits per heavy atom. The number of aryl methyl sites for hydroxylation is 1. The van der Waals surface area contributed by atoms with Gasteiger partial charge in [0.15, 0.2) is 17.8 Å². The normalized spacial score (nSPS) is 13.6. The highest BCUT2D eigenvalue weighted by Crippen LogP contribution is 2.52. The quantitative estimate of drug-likeness (QED) is 0.333. The lowest BCUT2D eigenvalue weighted by atomic mass is 9.96. The van der Waals surface area contributed by atoms with E-state index >= 15 is 0 Å². The number of carbonyl (C=O) groups is 1. The van der Waals surface area contributed by atoms with Crippen molar-refractivity contribution in [2.45, 2.75) is 37.8 Å². The molecule has 32 heavy (non-hydrogen) atoms. The number of aromatic nitrogens is 1. The summed E-state index contributed by atoms with van der Waals surface area (Å²) in [6.07, 6.45) is -3.75. The van der Waals surface area contributed by atoms with Crippen molar-refractivity contribution in [2.75, 3.05) is 5.32 Å². The number of amides is 1. The third kappa shape index (κ3) is 4.21. The number of nitrogens with zero attached hydrogens (tertiary/aromatic N) is 2. The standard InChI is InChI=1S/C18H13F8N3O3/c1-8-3-4-11(29(31)32)6-12(8)15(30)28-14-13(20)5-10(7-27-14)17(23,24)18(25,26)16(21,22)9(2)19/h3-7,9H,1-2H3,(H,27,28,30). The number of halogens is 8. The molecule has 0 fully saturated rings. The minimum absolute atomic E-state index is 0.0443. The van der Waals surface area contributed by atoms with Gasteiger partial charge >= 0.3 is 17.8 Å². The van der Waals surface area contributed by atoms with Crippen molar-refractivity contribution in [2.24, 2.45) is 0 Å². The van der Waals surface area contributed by atoms with E-state index in [1.54, 1.807) is 0 Å². The van der Waals surface area contributed by atoms with Crippen molar-refractivity contribution in [3.63, 3.8) is 0 Å². The predicted octanol–water partition coefficient (Wildman–Crippen LogP) is 5.41. The van der Waals surface area contributed by atoms with Crippen molar-refractivity contribution < 1.29 is 44.8 Å². The van der Waals surface area contributed by atoms with Crippen LogP contribution in [0.3, 0.4) is 0 Å². The summed E-state index contributed by atoms with van der Waals surface area (Å²) in [5, 5.41) is 12.6. The molecular weight excluding hydrogens is 458 g/mol. The average molecular weight is 471 g/mol. The summed E-state index contributed by atoms with van der Waals surface area (Å²) in [6, 6.07) is 2.85. The van der Waals surface area contributed by atoms with Gasteiger partial charge in [0.1, 0.15) is 0 Å². The Labute approximate surface area is 174 Å². The van der Waals surface area contributed by atoms with Gasteiger partial charge in [-0.3, -0.25) is 14.9 Å². The van der Waals surface area contributed by atoms with Crippen molar-refractivity contribution >= 4 is 17.4 Å². The second kappa shape index (κ2) is 8.31. The first kappa shape index (κ1) is 24.9. The van der Waals surface area contributed by atoms with E-state index in [0.29, 0.717) is 0 Å². The first-order valence-corrected chi connectivity index (χ1v) is 8.54. The molecule has 2 aromatic rings. The maximum atomic E-state index is 14.2. The van der Waals surface area contributed by atoms with Crippen LogP contribution in [-0.2, 0) is 5.92 Å². The van der Waals surface area contributed by atoms with Gasteiger partial charge in [0, 0.05) is 29.5 Å². The summed E-state index contributed by atoms with van der Waals surface area (Å²) < 4.78 is 109. The monoisotopic (exact) mass is 471 g/mol. The Kier molecular flexibility index (Phi) is 6.48. The Bertz CT molecular complexity index is 1060. The first-order chi connectivity index (χ1) is 14.5. The summed E-state index contributed by atoms with van der Waals surface area (Å²) in [4.78, 5) is 25.3. The molecule has 0 bridgehead atoms. The van der Waals surface area contributed by atoms with E-state index in [9.17, 15) is 50.0 Å². The minimum atomic E-state index is -6.24. The van der Waals surface area contributed by atoms with Gasteiger partial charge in [0.25, 0.3) is 11.6 Å². The molecule has 0 spiro atoms. The average Bonchev–Trinajstić information content (AvgIpc) is 2.68. The van der Waals surface area contributed by atoms with E-state index in [2.05, 4.69) is 4.98 Å². The molecule has 0 saturated heterocycles. The van der Waals surface area contributed by atoms with Gasteiger partial charge in [-0.25, -0.2) is 13.8 Å². The van der Waals surface area contributed by atoms with Crippen LogP contribution in [0.4, 0.5) is 46.6 Å². The molecule has 0 radical (unpaired) electrons. The number of nitrogens with one attached hydrogen (secondary N) is 1. The van der Waals surface area contributed by atoms with Crippen molar-refractivity contribution in [3.8, 4) is 0 Å². The maximum absolute atomic E-state index is 14.2. The third-order valence-electron chi connectivity index (χ3n) is 4.42. The Hall–Kier alpha value is -3.32. The van der Waals surface area contributed by atoms with Crippen LogP contribution in [0.25, 0.3) is 0 Å². The summed E-state index contributed by atoms with van der Waals surface area (Å²) >= 11 is 0. The lowest BCUT2D eigenvalue weighted by Crippen LogP contribution is -2.56. The predicted molar refractivity (Wildman–Crippen MR) is 94.3 cm³/mol. The highest BCUT2D eigenvalue weighted by molar-refractivity contribution is 6.05. The fraction of sp³-hybridized carbons (Fsp3) is 0.333. The van der Waals surface area contributed by atoms with Crippen LogP contribution in [-0.4, -0.2) is 33.8 Å². The van der Waals surface area contributed by atoms with Gasteiger partial charge in [-0.15, -0.1) is 0 Å². The number of hydrogen-bond donors (Lipinski definition) is 1. The fourth-order valence-electron chi connectivity index (χ4n) is 2.49. The second-order valence-corrected chi connectivity index (χ2v) is 6.65. The molecule has 1 unspecified atom stereocenters. The van der Waals surface area contributed by atoms with Crippen LogP contribution in [0.2, 0.25) is 0 Å². The zero-order chi connectivity index (χ0) is 24.6. The van der Waals surface area contributed by atoms with E-state index in [-0.39, 0.29) is 30.3 Å². The van der Waals surface area contributed by atoms with Crippen LogP contribution in [0, 0.1) is 22.9 Å². The minimum Gasteiger partial charge on any atom is -0.304 e. The van der Waals surface area contributed by atoms with E-state index in [1.807, 2.05) is 5.32 Å². The van der Waals surface area contributed by atoms with E-state index in [0.717, 1.165) is 12.1 Å². The highest BCUT2D eigenvalue weighted by atomic mass is 19.3. The molecular formula is C18H13F8N3O3. The van der Waals surface area contributed by atoms with Gasteiger partial charge in [-0.2, -0.15) is 26.3 Å². The number of nitro groups is 1.